The molecule has 2 amide bonds. The third-order valence-electron chi connectivity index (χ3n) is 1.72. The van der Waals surface area contributed by atoms with Gasteiger partial charge in [-0.3, -0.25) is 8.61 Å². The second kappa shape index (κ2) is 5.89. The molecule has 0 aromatic rings. The molecule has 0 heterocycles. The van der Waals surface area contributed by atoms with Gasteiger partial charge in [-0.2, -0.15) is 0 Å². The number of nitrogens with zero attached hydrogens (tertiary/aromatic N) is 2. The van der Waals surface area contributed by atoms with Crippen LogP contribution in [0.3, 0.4) is 0 Å². The highest BCUT2D eigenvalue weighted by Gasteiger charge is 2.27. The number of urea groups is 1. The van der Waals surface area contributed by atoms with Crippen LogP contribution in [0, 0.1) is 0 Å². The van der Waals surface area contributed by atoms with E-state index < -0.39 is 9.64 Å². The van der Waals surface area contributed by atoms with Gasteiger partial charge in [-0.25, -0.2) is 4.79 Å². The smallest absolute Gasteiger partial charge is 0.270 e. The van der Waals surface area contributed by atoms with E-state index >= 15 is 0 Å². The molecular weight excluding hydrogens is 272 g/mol. The minimum Gasteiger partial charge on any atom is -0.270 e. The van der Waals surface area contributed by atoms with Crippen LogP contribution in [0.25, 0.3) is 0 Å². The van der Waals surface area contributed by atoms with Gasteiger partial charge in [0.05, 0.1) is 0 Å². The highest BCUT2D eigenvalue weighted by Crippen LogP contribution is 2.27. The monoisotopic (exact) mass is 296 g/mol. The molecule has 0 spiro atoms. The molecule has 17 heavy (non-hydrogen) atoms. The summed E-state index contributed by atoms with van der Waals surface area (Å²) in [5.74, 6) is 0. The van der Waals surface area contributed by atoms with E-state index in [2.05, 4.69) is 41.5 Å². The lowest BCUT2D eigenvalue weighted by molar-refractivity contribution is 0.218. The molecule has 0 rings (SSSR count). The summed E-state index contributed by atoms with van der Waals surface area (Å²) in [6.07, 6.45) is 0. The van der Waals surface area contributed by atoms with Crippen molar-refractivity contribution in [3.8, 4) is 0 Å². The number of hydrogen-bond donors (Lipinski definition) is 0. The highest BCUT2D eigenvalue weighted by molar-refractivity contribution is 8.28. The van der Waals surface area contributed by atoms with Gasteiger partial charge in [0.2, 0.25) is 0 Å². The largest absolute Gasteiger partial charge is 0.339 e. The summed E-state index contributed by atoms with van der Waals surface area (Å²) in [7, 11) is 3.08. The fourth-order valence-electron chi connectivity index (χ4n) is 1.13. The van der Waals surface area contributed by atoms with Crippen molar-refractivity contribution in [2.45, 2.75) is 51.0 Å². The average Bonchev–Trinajstić information content (AvgIpc) is 2.10. The lowest BCUT2D eigenvalue weighted by atomic mass is 10.3. The van der Waals surface area contributed by atoms with Crippen molar-refractivity contribution < 1.29 is 4.79 Å². The maximum atomic E-state index is 12.2. The Hall–Kier alpha value is 0.190. The Morgan fingerprint density at radius 1 is 1.12 bits per heavy atom. The first-order valence-electron chi connectivity index (χ1n) is 5.49. The molecule has 3 nitrogen and oxygen atoms in total. The normalized spacial score (nSPS) is 14.4. The fourth-order valence-corrected chi connectivity index (χ4v) is 3.48. The molecule has 1 unspecified atom stereocenters. The average molecular weight is 297 g/mol. The Kier molecular flexibility index (Phi) is 5.95. The SMILES string of the molecule is CN(SC(C)(C)C)C(=O)N(C)S(=S)C(C)(C)C. The second-order valence-electron chi connectivity index (χ2n) is 5.84. The summed E-state index contributed by atoms with van der Waals surface area (Å²) < 4.78 is 3.28. The third kappa shape index (κ3) is 6.06. The van der Waals surface area contributed by atoms with Gasteiger partial charge >= 0.3 is 6.03 Å². The lowest BCUT2D eigenvalue weighted by Crippen LogP contribution is -2.43. The van der Waals surface area contributed by atoms with E-state index in [0.29, 0.717) is 0 Å². The van der Waals surface area contributed by atoms with Gasteiger partial charge in [-0.05, 0) is 74.3 Å². The molecule has 0 radical (unpaired) electrons. The van der Waals surface area contributed by atoms with Crippen LogP contribution in [-0.4, -0.2) is 38.2 Å². The molecule has 0 N–H and O–H groups in total. The topological polar surface area (TPSA) is 23.6 Å². The second-order valence-corrected chi connectivity index (χ2v) is 11.0. The molecule has 0 aromatic heterocycles. The minimum atomic E-state index is -0.499. The minimum absolute atomic E-state index is 0.0209. The predicted molar refractivity (Wildman–Crippen MR) is 82.7 cm³/mol. The summed E-state index contributed by atoms with van der Waals surface area (Å²) in [6.45, 7) is 12.4. The van der Waals surface area contributed by atoms with E-state index in [0.717, 1.165) is 0 Å². The maximum absolute atomic E-state index is 12.2. The number of carbonyl (C=O) groups is 1. The first-order valence-corrected chi connectivity index (χ1v) is 8.37. The zero-order valence-corrected chi connectivity index (χ0v) is 14.5. The number of rotatable bonds is 2. The van der Waals surface area contributed by atoms with Gasteiger partial charge < -0.3 is 0 Å². The molecule has 6 heteroatoms. The molecule has 0 fully saturated rings. The molecule has 0 aliphatic carbocycles. The van der Waals surface area contributed by atoms with Gasteiger partial charge in [0, 0.05) is 23.6 Å². The van der Waals surface area contributed by atoms with Gasteiger partial charge in [0.25, 0.3) is 0 Å². The molecule has 0 bridgehead atoms. The van der Waals surface area contributed by atoms with Crippen molar-refractivity contribution in [1.82, 2.24) is 8.61 Å². The molecule has 0 aromatic carbocycles. The Morgan fingerprint density at radius 2 is 1.53 bits per heavy atom. The number of hydrogen-bond acceptors (Lipinski definition) is 3. The Labute approximate surface area is 117 Å². The van der Waals surface area contributed by atoms with E-state index in [9.17, 15) is 4.79 Å². The highest BCUT2D eigenvalue weighted by atomic mass is 32.8. The third-order valence-corrected chi connectivity index (χ3v) is 6.57. The van der Waals surface area contributed by atoms with Gasteiger partial charge in [-0.1, -0.05) is 0 Å². The van der Waals surface area contributed by atoms with Crippen LogP contribution in [-0.2, 0) is 20.8 Å². The van der Waals surface area contributed by atoms with Crippen LogP contribution in [0.2, 0.25) is 0 Å². The first-order chi connectivity index (χ1) is 7.36. The van der Waals surface area contributed by atoms with Crippen molar-refractivity contribution in [2.75, 3.05) is 14.1 Å². The quantitative estimate of drug-likeness (QED) is 0.731. The molecule has 1 atom stereocenters. The van der Waals surface area contributed by atoms with Gasteiger partial charge in [0.15, 0.2) is 0 Å². The molecule has 102 valence electrons. The maximum Gasteiger partial charge on any atom is 0.339 e. The lowest BCUT2D eigenvalue weighted by Gasteiger charge is -2.33. The van der Waals surface area contributed by atoms with Gasteiger partial charge in [0.1, 0.15) is 0 Å². The first kappa shape index (κ1) is 17.2. The van der Waals surface area contributed by atoms with E-state index in [1.54, 1.807) is 22.7 Å². The summed E-state index contributed by atoms with van der Waals surface area (Å²) in [5.41, 5.74) is 0. The zero-order valence-electron chi connectivity index (χ0n) is 12.0. The van der Waals surface area contributed by atoms with Crippen molar-refractivity contribution in [1.29, 1.82) is 0 Å². The van der Waals surface area contributed by atoms with Crippen molar-refractivity contribution >= 4 is 38.8 Å². The van der Waals surface area contributed by atoms with Crippen molar-refractivity contribution in [3.63, 3.8) is 0 Å². The van der Waals surface area contributed by atoms with Crippen LogP contribution < -0.4 is 0 Å². The summed E-state index contributed by atoms with van der Waals surface area (Å²) in [6, 6.07) is -0.0295. The summed E-state index contributed by atoms with van der Waals surface area (Å²) in [4.78, 5) is 12.2. The fraction of sp³-hybridized carbons (Fsp3) is 0.909. The van der Waals surface area contributed by atoms with E-state index in [-0.39, 0.29) is 15.5 Å². The van der Waals surface area contributed by atoms with Crippen molar-refractivity contribution in [3.05, 3.63) is 0 Å². The molecule has 0 saturated carbocycles. The number of carbonyl (C=O) groups excluding carboxylic acids is 1. The number of amides is 2. The van der Waals surface area contributed by atoms with Crippen LogP contribution in [0.15, 0.2) is 0 Å². The van der Waals surface area contributed by atoms with E-state index in [4.69, 9.17) is 11.2 Å². The van der Waals surface area contributed by atoms with Crippen LogP contribution in [0.1, 0.15) is 41.5 Å². The standard InChI is InChI=1S/C11H24N2OS3/c1-10(2,3)16-12(7)9(14)13(8)17(15)11(4,5)6/h1-8H3. The van der Waals surface area contributed by atoms with Crippen LogP contribution in [0.4, 0.5) is 4.79 Å². The Balaban J connectivity index is 4.67. The Morgan fingerprint density at radius 3 is 1.82 bits per heavy atom. The van der Waals surface area contributed by atoms with E-state index in [1.807, 2.05) is 0 Å². The van der Waals surface area contributed by atoms with Crippen LogP contribution in [0.5, 0.6) is 0 Å². The molecule has 0 saturated heterocycles. The van der Waals surface area contributed by atoms with Gasteiger partial charge in [-0.15, -0.1) is 0 Å². The van der Waals surface area contributed by atoms with E-state index in [1.165, 1.54) is 11.9 Å². The summed E-state index contributed by atoms with van der Waals surface area (Å²) in [5, 5.41) is 0. The van der Waals surface area contributed by atoms with Crippen molar-refractivity contribution in [2.24, 2.45) is 0 Å². The Bertz CT molecular complexity index is 305. The zero-order chi connectivity index (χ0) is 14.0. The molecular formula is C11H24N2OS3. The predicted octanol–water partition coefficient (Wildman–Crippen LogP) is 3.21. The summed E-state index contributed by atoms with van der Waals surface area (Å²) >= 11 is 6.95. The molecule has 0 aliphatic heterocycles. The van der Waals surface area contributed by atoms with Crippen LogP contribution >= 0.6 is 11.9 Å². The molecule has 0 aliphatic rings.